The van der Waals surface area contributed by atoms with Gasteiger partial charge in [0.05, 0.1) is 19.2 Å². The zero-order valence-corrected chi connectivity index (χ0v) is 17.5. The molecule has 1 aromatic rings. The summed E-state index contributed by atoms with van der Waals surface area (Å²) in [5.74, 6) is 1.13. The third-order valence-electron chi connectivity index (χ3n) is 3.36. The van der Waals surface area contributed by atoms with Gasteiger partial charge in [-0.3, -0.25) is 4.99 Å². The standard InChI is InChI=1S/C15H25N5O3S.HI/c1-11(2)20-24(21,22)18-9-8-17-15(16)19-13-7-10-23-14-6-4-3-5-12(13)14;/h3-6,11,13,18,20H,7-10H2,1-2H3,(H3,16,17,19);1H. The molecular weight excluding hydrogens is 457 g/mol. The fourth-order valence-electron chi connectivity index (χ4n) is 2.42. The predicted octanol–water partition coefficient (Wildman–Crippen LogP) is 0.865. The minimum atomic E-state index is -3.49. The molecule has 1 atom stereocenters. The third kappa shape index (κ3) is 7.34. The molecule has 1 aromatic carbocycles. The van der Waals surface area contributed by atoms with E-state index in [1.54, 1.807) is 13.8 Å². The first-order valence-corrected chi connectivity index (χ1v) is 9.41. The SMILES string of the molecule is CC(C)NS(=O)(=O)NCCN=C(N)NC1CCOc2ccccc21.I. The minimum absolute atomic E-state index is 0. The van der Waals surface area contributed by atoms with Gasteiger partial charge in [-0.15, -0.1) is 24.0 Å². The van der Waals surface area contributed by atoms with Crippen LogP contribution in [-0.4, -0.2) is 40.1 Å². The van der Waals surface area contributed by atoms with E-state index in [9.17, 15) is 8.42 Å². The van der Waals surface area contributed by atoms with Gasteiger partial charge in [-0.1, -0.05) is 18.2 Å². The number of nitrogens with one attached hydrogen (secondary N) is 3. The van der Waals surface area contributed by atoms with Crippen molar-refractivity contribution < 1.29 is 13.2 Å². The van der Waals surface area contributed by atoms with Gasteiger partial charge in [-0.05, 0) is 19.9 Å². The third-order valence-corrected chi connectivity index (χ3v) is 4.72. The van der Waals surface area contributed by atoms with E-state index in [2.05, 4.69) is 19.8 Å². The quantitative estimate of drug-likeness (QED) is 0.199. The maximum absolute atomic E-state index is 11.6. The Balaban J connectivity index is 0.00000312. The largest absolute Gasteiger partial charge is 0.493 e. The maximum Gasteiger partial charge on any atom is 0.277 e. The Morgan fingerprint density at radius 2 is 2.12 bits per heavy atom. The fourth-order valence-corrected chi connectivity index (χ4v) is 3.49. The van der Waals surface area contributed by atoms with Crippen LogP contribution in [0.4, 0.5) is 0 Å². The van der Waals surface area contributed by atoms with Gasteiger partial charge in [0.1, 0.15) is 5.75 Å². The Labute approximate surface area is 166 Å². The Hall–Kier alpha value is -1.11. The highest BCUT2D eigenvalue weighted by Gasteiger charge is 2.21. The van der Waals surface area contributed by atoms with Crippen molar-refractivity contribution in [2.45, 2.75) is 32.4 Å². The summed E-state index contributed by atoms with van der Waals surface area (Å²) in [6.45, 7) is 4.55. The van der Waals surface area contributed by atoms with Crippen molar-refractivity contribution in [3.8, 4) is 5.75 Å². The van der Waals surface area contributed by atoms with Crippen LogP contribution >= 0.6 is 24.0 Å². The second kappa shape index (κ2) is 10.1. The molecule has 1 heterocycles. The smallest absolute Gasteiger partial charge is 0.277 e. The molecule has 10 heteroatoms. The van der Waals surface area contributed by atoms with Gasteiger partial charge in [0.15, 0.2) is 5.96 Å². The Morgan fingerprint density at radius 1 is 1.40 bits per heavy atom. The van der Waals surface area contributed by atoms with E-state index >= 15 is 0 Å². The van der Waals surface area contributed by atoms with Gasteiger partial charge in [-0.2, -0.15) is 13.1 Å². The summed E-state index contributed by atoms with van der Waals surface area (Å²) in [5.41, 5.74) is 6.94. The molecule has 25 heavy (non-hydrogen) atoms. The topological polar surface area (TPSA) is 118 Å². The number of halogens is 1. The molecule has 0 bridgehead atoms. The molecule has 0 aliphatic carbocycles. The number of guanidine groups is 1. The summed E-state index contributed by atoms with van der Waals surface area (Å²) >= 11 is 0. The molecule has 8 nitrogen and oxygen atoms in total. The summed E-state index contributed by atoms with van der Waals surface area (Å²) in [5, 5.41) is 3.16. The second-order valence-electron chi connectivity index (χ2n) is 5.81. The first kappa shape index (κ1) is 21.9. The number of aliphatic imine (C=N–C) groups is 1. The van der Waals surface area contributed by atoms with E-state index in [-0.39, 0.29) is 55.1 Å². The summed E-state index contributed by atoms with van der Waals surface area (Å²) in [7, 11) is -3.49. The van der Waals surface area contributed by atoms with Crippen molar-refractivity contribution in [2.75, 3.05) is 19.7 Å². The Morgan fingerprint density at radius 3 is 2.84 bits per heavy atom. The molecule has 0 spiro atoms. The van der Waals surface area contributed by atoms with Gasteiger partial charge >= 0.3 is 0 Å². The van der Waals surface area contributed by atoms with Gasteiger partial charge in [0, 0.05) is 24.6 Å². The highest BCUT2D eigenvalue weighted by molar-refractivity contribution is 14.0. The molecule has 2 rings (SSSR count). The van der Waals surface area contributed by atoms with E-state index in [0.717, 1.165) is 17.7 Å². The Kier molecular flexibility index (Phi) is 8.89. The normalized spacial score (nSPS) is 17.4. The van der Waals surface area contributed by atoms with Crippen molar-refractivity contribution >= 4 is 40.1 Å². The molecule has 1 unspecified atom stereocenters. The molecule has 0 radical (unpaired) electrons. The molecule has 0 amide bonds. The molecule has 0 saturated heterocycles. The van der Waals surface area contributed by atoms with Crippen LogP contribution in [0.15, 0.2) is 29.3 Å². The number of hydrogen-bond donors (Lipinski definition) is 4. The van der Waals surface area contributed by atoms with Crippen LogP contribution in [0.3, 0.4) is 0 Å². The lowest BCUT2D eigenvalue weighted by atomic mass is 10.0. The molecule has 1 aliphatic heterocycles. The number of benzene rings is 1. The number of fused-ring (bicyclic) bond motifs is 1. The number of hydrogen-bond acceptors (Lipinski definition) is 4. The van der Waals surface area contributed by atoms with Crippen molar-refractivity contribution in [2.24, 2.45) is 10.7 Å². The number of nitrogens with two attached hydrogens (primary N) is 1. The van der Waals surface area contributed by atoms with Crippen LogP contribution in [0, 0.1) is 0 Å². The monoisotopic (exact) mass is 483 g/mol. The zero-order chi connectivity index (χ0) is 17.6. The van der Waals surface area contributed by atoms with Crippen LogP contribution in [-0.2, 0) is 10.2 Å². The van der Waals surface area contributed by atoms with E-state index < -0.39 is 10.2 Å². The lowest BCUT2D eigenvalue weighted by Crippen LogP contribution is -2.42. The van der Waals surface area contributed by atoms with Crippen LogP contribution in [0.1, 0.15) is 31.9 Å². The highest BCUT2D eigenvalue weighted by Crippen LogP contribution is 2.31. The van der Waals surface area contributed by atoms with E-state index in [4.69, 9.17) is 10.5 Å². The average Bonchev–Trinajstić information content (AvgIpc) is 2.51. The number of ether oxygens (including phenoxy) is 1. The van der Waals surface area contributed by atoms with Gasteiger partial charge in [-0.25, -0.2) is 4.72 Å². The van der Waals surface area contributed by atoms with Gasteiger partial charge in [0.2, 0.25) is 0 Å². The van der Waals surface area contributed by atoms with Crippen molar-refractivity contribution in [3.63, 3.8) is 0 Å². The summed E-state index contributed by atoms with van der Waals surface area (Å²) in [4.78, 5) is 4.16. The van der Waals surface area contributed by atoms with Crippen LogP contribution < -0.4 is 25.2 Å². The number of para-hydroxylation sites is 1. The molecule has 142 valence electrons. The fraction of sp³-hybridized carbons (Fsp3) is 0.533. The lowest BCUT2D eigenvalue weighted by molar-refractivity contribution is 0.262. The van der Waals surface area contributed by atoms with Gasteiger partial charge < -0.3 is 15.8 Å². The van der Waals surface area contributed by atoms with Crippen LogP contribution in [0.2, 0.25) is 0 Å². The van der Waals surface area contributed by atoms with Crippen molar-refractivity contribution in [1.82, 2.24) is 14.8 Å². The van der Waals surface area contributed by atoms with Gasteiger partial charge in [0.25, 0.3) is 10.2 Å². The molecule has 0 aromatic heterocycles. The molecule has 0 saturated carbocycles. The summed E-state index contributed by atoms with van der Waals surface area (Å²) in [6.07, 6.45) is 0.790. The average molecular weight is 483 g/mol. The predicted molar refractivity (Wildman–Crippen MR) is 110 cm³/mol. The summed E-state index contributed by atoms with van der Waals surface area (Å²) in [6, 6.07) is 7.67. The first-order valence-electron chi connectivity index (χ1n) is 7.92. The van der Waals surface area contributed by atoms with Crippen LogP contribution in [0.5, 0.6) is 5.75 Å². The van der Waals surface area contributed by atoms with E-state index in [0.29, 0.717) is 6.61 Å². The van der Waals surface area contributed by atoms with Crippen LogP contribution in [0.25, 0.3) is 0 Å². The number of nitrogens with zero attached hydrogens (tertiary/aromatic N) is 1. The first-order chi connectivity index (χ1) is 11.4. The molecule has 5 N–H and O–H groups in total. The molecule has 1 aliphatic rings. The minimum Gasteiger partial charge on any atom is -0.493 e. The molecular formula is C15H26IN5O3S. The van der Waals surface area contributed by atoms with Crippen molar-refractivity contribution in [1.29, 1.82) is 0 Å². The second-order valence-corrected chi connectivity index (χ2v) is 7.34. The maximum atomic E-state index is 11.6. The van der Waals surface area contributed by atoms with E-state index in [1.807, 2.05) is 24.3 Å². The lowest BCUT2D eigenvalue weighted by Gasteiger charge is -2.26. The number of rotatable bonds is 7. The highest BCUT2D eigenvalue weighted by atomic mass is 127. The van der Waals surface area contributed by atoms with E-state index in [1.165, 1.54) is 0 Å². The zero-order valence-electron chi connectivity index (χ0n) is 14.4. The molecule has 0 fully saturated rings. The summed E-state index contributed by atoms with van der Waals surface area (Å²) < 4.78 is 33.7. The van der Waals surface area contributed by atoms with Crippen molar-refractivity contribution in [3.05, 3.63) is 29.8 Å². The Bertz CT molecular complexity index is 681.